The van der Waals surface area contributed by atoms with Gasteiger partial charge in [0.2, 0.25) is 0 Å². The normalized spacial score (nSPS) is 10.4. The highest BCUT2D eigenvalue weighted by atomic mass is 35.5. The Hall–Kier alpha value is -2.21. The van der Waals surface area contributed by atoms with Crippen LogP contribution in [0.25, 0.3) is 0 Å². The number of rotatable bonds is 6. The third-order valence-corrected chi connectivity index (χ3v) is 5.29. The third-order valence-electron chi connectivity index (χ3n) is 3.67. The second-order valence-corrected chi connectivity index (χ2v) is 7.28. The van der Waals surface area contributed by atoms with Crippen LogP contribution in [0.3, 0.4) is 0 Å². The topological polar surface area (TPSA) is 50.4 Å². The third kappa shape index (κ3) is 4.49. The summed E-state index contributed by atoms with van der Waals surface area (Å²) in [5, 5.41) is 8.97. The molecule has 0 saturated heterocycles. The summed E-state index contributed by atoms with van der Waals surface area (Å²) in [6.07, 6.45) is 0. The summed E-state index contributed by atoms with van der Waals surface area (Å²) in [4.78, 5) is 13.7. The molecule has 0 aliphatic carbocycles. The van der Waals surface area contributed by atoms with Crippen LogP contribution >= 0.6 is 34.5 Å². The van der Waals surface area contributed by atoms with E-state index in [1.54, 1.807) is 54.8 Å². The number of anilines is 2. The van der Waals surface area contributed by atoms with Gasteiger partial charge >= 0.3 is 0 Å². The molecular formula is C19H16Cl2N2O2S. The van der Waals surface area contributed by atoms with Crippen LogP contribution < -0.4 is 15.4 Å². The van der Waals surface area contributed by atoms with E-state index in [9.17, 15) is 4.79 Å². The molecule has 0 aliphatic rings. The van der Waals surface area contributed by atoms with Crippen molar-refractivity contribution >= 4 is 51.8 Å². The van der Waals surface area contributed by atoms with Gasteiger partial charge in [-0.15, -0.1) is 11.3 Å². The molecule has 1 amide bonds. The van der Waals surface area contributed by atoms with E-state index in [0.717, 1.165) is 5.69 Å². The summed E-state index contributed by atoms with van der Waals surface area (Å²) < 4.78 is 5.37. The average molecular weight is 407 g/mol. The van der Waals surface area contributed by atoms with Crippen molar-refractivity contribution in [3.8, 4) is 5.75 Å². The summed E-state index contributed by atoms with van der Waals surface area (Å²) in [5.74, 6) is 0.429. The maximum absolute atomic E-state index is 12.5. The first-order valence-corrected chi connectivity index (χ1v) is 9.41. The van der Waals surface area contributed by atoms with E-state index in [1.165, 1.54) is 4.88 Å². The summed E-state index contributed by atoms with van der Waals surface area (Å²) in [6.45, 7) is 0.659. The van der Waals surface area contributed by atoms with Gasteiger partial charge in [-0.05, 0) is 47.8 Å². The van der Waals surface area contributed by atoms with Crippen molar-refractivity contribution in [2.24, 2.45) is 0 Å². The number of methoxy groups -OCH3 is 1. The van der Waals surface area contributed by atoms with Gasteiger partial charge in [0.15, 0.2) is 0 Å². The van der Waals surface area contributed by atoms with Gasteiger partial charge in [0.1, 0.15) is 5.75 Å². The zero-order valence-corrected chi connectivity index (χ0v) is 16.2. The minimum atomic E-state index is -0.245. The Kier molecular flexibility index (Phi) is 6.04. The van der Waals surface area contributed by atoms with E-state index in [0.29, 0.717) is 33.6 Å². The molecule has 0 unspecified atom stereocenters. The first-order chi connectivity index (χ1) is 12.6. The van der Waals surface area contributed by atoms with E-state index in [2.05, 4.69) is 10.6 Å². The van der Waals surface area contributed by atoms with Crippen LogP contribution in [0, 0.1) is 0 Å². The van der Waals surface area contributed by atoms with Gasteiger partial charge in [-0.2, -0.15) is 0 Å². The number of thiophene rings is 1. The molecule has 2 aromatic carbocycles. The number of carbonyl (C=O) groups is 1. The van der Waals surface area contributed by atoms with E-state index in [1.807, 2.05) is 17.5 Å². The molecule has 0 fully saturated rings. The molecule has 4 nitrogen and oxygen atoms in total. The minimum absolute atomic E-state index is 0.245. The lowest BCUT2D eigenvalue weighted by molar-refractivity contribution is 0.102. The van der Waals surface area contributed by atoms with Crippen molar-refractivity contribution in [1.82, 2.24) is 0 Å². The average Bonchev–Trinajstić information content (AvgIpc) is 3.16. The molecule has 1 heterocycles. The van der Waals surface area contributed by atoms with Crippen LogP contribution in [0.4, 0.5) is 11.4 Å². The smallest absolute Gasteiger partial charge is 0.255 e. The Morgan fingerprint density at radius 2 is 1.96 bits per heavy atom. The van der Waals surface area contributed by atoms with Gasteiger partial charge in [0.05, 0.1) is 22.8 Å². The minimum Gasteiger partial charge on any atom is -0.495 e. The standard InChI is InChI=1S/C19H16Cl2N2O2S/c1-25-18-7-4-12(9-17(18)22-11-14-3-2-8-26-14)19(24)23-13-5-6-15(20)16(21)10-13/h2-10,22H,11H2,1H3,(H,23,24). The molecule has 1 aromatic heterocycles. The van der Waals surface area contributed by atoms with E-state index < -0.39 is 0 Å². The molecule has 2 N–H and O–H groups in total. The largest absolute Gasteiger partial charge is 0.495 e. The fourth-order valence-corrected chi connectivity index (χ4v) is 3.30. The van der Waals surface area contributed by atoms with Crippen molar-refractivity contribution < 1.29 is 9.53 Å². The van der Waals surface area contributed by atoms with Gasteiger partial charge in [0.25, 0.3) is 5.91 Å². The SMILES string of the molecule is COc1ccc(C(=O)Nc2ccc(Cl)c(Cl)c2)cc1NCc1cccs1. The van der Waals surface area contributed by atoms with Gasteiger partial charge in [-0.25, -0.2) is 0 Å². The maximum Gasteiger partial charge on any atom is 0.255 e. The summed E-state index contributed by atoms with van der Waals surface area (Å²) >= 11 is 13.6. The molecule has 3 aromatic rings. The predicted molar refractivity (Wildman–Crippen MR) is 109 cm³/mol. The molecule has 0 spiro atoms. The molecule has 0 radical (unpaired) electrons. The number of ether oxygens (including phenoxy) is 1. The monoisotopic (exact) mass is 406 g/mol. The number of benzene rings is 2. The second-order valence-electron chi connectivity index (χ2n) is 5.43. The molecule has 0 bridgehead atoms. The molecule has 7 heteroatoms. The van der Waals surface area contributed by atoms with E-state index in [4.69, 9.17) is 27.9 Å². The lowest BCUT2D eigenvalue weighted by Gasteiger charge is -2.13. The number of halogens is 2. The maximum atomic E-state index is 12.5. The molecule has 0 aliphatic heterocycles. The van der Waals surface area contributed by atoms with Crippen molar-refractivity contribution in [2.75, 3.05) is 17.7 Å². The van der Waals surface area contributed by atoms with Crippen molar-refractivity contribution in [1.29, 1.82) is 0 Å². The van der Waals surface area contributed by atoms with E-state index in [-0.39, 0.29) is 5.91 Å². The van der Waals surface area contributed by atoms with Crippen molar-refractivity contribution in [2.45, 2.75) is 6.54 Å². The molecule has 0 atom stereocenters. The Morgan fingerprint density at radius 3 is 2.65 bits per heavy atom. The zero-order chi connectivity index (χ0) is 18.5. The summed E-state index contributed by atoms with van der Waals surface area (Å²) in [5.41, 5.74) is 1.83. The number of hydrogen-bond donors (Lipinski definition) is 2. The molecule has 26 heavy (non-hydrogen) atoms. The Bertz CT molecular complexity index is 914. The number of amides is 1. The van der Waals surface area contributed by atoms with Crippen LogP contribution in [-0.4, -0.2) is 13.0 Å². The Morgan fingerprint density at radius 1 is 1.12 bits per heavy atom. The predicted octanol–water partition coefficient (Wildman–Crippen LogP) is 5.93. The van der Waals surface area contributed by atoms with Gasteiger partial charge in [0, 0.05) is 22.7 Å². The van der Waals surface area contributed by atoms with Crippen LogP contribution in [0.15, 0.2) is 53.9 Å². The Balaban J connectivity index is 1.77. The summed E-state index contributed by atoms with van der Waals surface area (Å²) in [6, 6.07) is 14.2. The zero-order valence-electron chi connectivity index (χ0n) is 13.9. The fourth-order valence-electron chi connectivity index (χ4n) is 2.36. The number of hydrogen-bond acceptors (Lipinski definition) is 4. The van der Waals surface area contributed by atoms with Crippen LogP contribution in [0.5, 0.6) is 5.75 Å². The highest BCUT2D eigenvalue weighted by molar-refractivity contribution is 7.09. The van der Waals surface area contributed by atoms with E-state index >= 15 is 0 Å². The fraction of sp³-hybridized carbons (Fsp3) is 0.105. The lowest BCUT2D eigenvalue weighted by atomic mass is 10.1. The highest BCUT2D eigenvalue weighted by Crippen LogP contribution is 2.28. The molecular weight excluding hydrogens is 391 g/mol. The second kappa shape index (κ2) is 8.45. The van der Waals surface area contributed by atoms with Gasteiger partial charge < -0.3 is 15.4 Å². The van der Waals surface area contributed by atoms with Crippen LogP contribution in [0.1, 0.15) is 15.2 Å². The first kappa shape index (κ1) is 18.6. The lowest BCUT2D eigenvalue weighted by Crippen LogP contribution is -2.12. The first-order valence-electron chi connectivity index (χ1n) is 7.77. The molecule has 3 rings (SSSR count). The van der Waals surface area contributed by atoms with Gasteiger partial charge in [-0.1, -0.05) is 29.3 Å². The van der Waals surface area contributed by atoms with Crippen LogP contribution in [0.2, 0.25) is 10.0 Å². The van der Waals surface area contributed by atoms with Crippen LogP contribution in [-0.2, 0) is 6.54 Å². The Labute approximate surface area is 165 Å². The molecule has 134 valence electrons. The van der Waals surface area contributed by atoms with Crippen molar-refractivity contribution in [3.05, 3.63) is 74.4 Å². The quantitative estimate of drug-likeness (QED) is 0.533. The highest BCUT2D eigenvalue weighted by Gasteiger charge is 2.11. The van der Waals surface area contributed by atoms with Crippen molar-refractivity contribution in [3.63, 3.8) is 0 Å². The molecule has 0 saturated carbocycles. The number of nitrogens with one attached hydrogen (secondary N) is 2. The summed E-state index contributed by atoms with van der Waals surface area (Å²) in [7, 11) is 1.60. The van der Waals surface area contributed by atoms with Gasteiger partial charge in [-0.3, -0.25) is 4.79 Å². The number of carbonyl (C=O) groups excluding carboxylic acids is 1.